The first-order chi connectivity index (χ1) is 11.1. The number of ketones is 1. The second kappa shape index (κ2) is 8.46. The summed E-state index contributed by atoms with van der Waals surface area (Å²) in [6, 6.07) is 6.76. The third kappa shape index (κ3) is 5.51. The molecule has 1 aromatic rings. The van der Waals surface area contributed by atoms with Gasteiger partial charge in [-0.15, -0.1) is 0 Å². The highest BCUT2D eigenvalue weighted by Crippen LogP contribution is 2.26. The van der Waals surface area contributed by atoms with Crippen LogP contribution in [-0.4, -0.2) is 24.3 Å². The van der Waals surface area contributed by atoms with Gasteiger partial charge in [0.1, 0.15) is 0 Å². The summed E-state index contributed by atoms with van der Waals surface area (Å²) in [7, 11) is 0. The number of esters is 1. The smallest absolute Gasteiger partial charge is 0.306 e. The molecule has 0 unspecified atom stereocenters. The van der Waals surface area contributed by atoms with Gasteiger partial charge in [0, 0.05) is 12.0 Å². The van der Waals surface area contributed by atoms with Gasteiger partial charge in [0.05, 0.1) is 5.69 Å². The summed E-state index contributed by atoms with van der Waals surface area (Å²) >= 11 is 0. The zero-order valence-corrected chi connectivity index (χ0v) is 13.5. The minimum atomic E-state index is -0.435. The Morgan fingerprint density at radius 3 is 2.52 bits per heavy atom. The minimum absolute atomic E-state index is 0.129. The largest absolute Gasteiger partial charge is 0.456 e. The number of carbonyl (C=O) groups is 3. The number of para-hydroxylation sites is 1. The number of anilines is 1. The third-order valence-corrected chi connectivity index (χ3v) is 4.12. The Labute approximate surface area is 136 Å². The van der Waals surface area contributed by atoms with Gasteiger partial charge in [-0.3, -0.25) is 14.4 Å². The van der Waals surface area contributed by atoms with Crippen LogP contribution < -0.4 is 5.32 Å². The van der Waals surface area contributed by atoms with Crippen molar-refractivity contribution in [3.63, 3.8) is 0 Å². The number of hydrogen-bond acceptors (Lipinski definition) is 4. The van der Waals surface area contributed by atoms with Gasteiger partial charge >= 0.3 is 5.97 Å². The maximum Gasteiger partial charge on any atom is 0.306 e. The summed E-state index contributed by atoms with van der Waals surface area (Å²) in [5, 5.41) is 2.61. The molecule has 1 saturated carbocycles. The van der Waals surface area contributed by atoms with E-state index in [2.05, 4.69) is 5.32 Å². The summed E-state index contributed by atoms with van der Waals surface area (Å²) in [6.07, 6.45) is 6.09. The standard InChI is InChI=1S/C18H23NO4/c1-13(20)15-9-5-6-10-16(15)19-17(21)12-23-18(22)11-14-7-3-2-4-8-14/h5-6,9-10,14H,2-4,7-8,11-12H2,1H3,(H,19,21). The number of ether oxygens (including phenoxy) is 1. The van der Waals surface area contributed by atoms with Crippen LogP contribution in [-0.2, 0) is 14.3 Å². The molecule has 0 atom stereocenters. The molecule has 1 aliphatic carbocycles. The molecule has 0 bridgehead atoms. The Bertz CT molecular complexity index is 576. The molecule has 0 aromatic heterocycles. The molecule has 124 valence electrons. The van der Waals surface area contributed by atoms with E-state index in [1.54, 1.807) is 24.3 Å². The van der Waals surface area contributed by atoms with Crippen LogP contribution in [0, 0.1) is 5.92 Å². The number of hydrogen-bond donors (Lipinski definition) is 1. The Morgan fingerprint density at radius 1 is 1.13 bits per heavy atom. The van der Waals surface area contributed by atoms with Gasteiger partial charge in [-0.2, -0.15) is 0 Å². The van der Waals surface area contributed by atoms with E-state index in [9.17, 15) is 14.4 Å². The molecule has 1 N–H and O–H groups in total. The van der Waals surface area contributed by atoms with E-state index in [1.807, 2.05) is 0 Å². The van der Waals surface area contributed by atoms with Crippen molar-refractivity contribution in [2.45, 2.75) is 45.4 Å². The van der Waals surface area contributed by atoms with Crippen molar-refractivity contribution in [3.05, 3.63) is 29.8 Å². The van der Waals surface area contributed by atoms with Gasteiger partial charge in [-0.1, -0.05) is 31.4 Å². The topological polar surface area (TPSA) is 72.5 Å². The molecular formula is C18H23NO4. The normalized spacial score (nSPS) is 15.0. The molecule has 23 heavy (non-hydrogen) atoms. The maximum absolute atomic E-state index is 11.9. The van der Waals surface area contributed by atoms with E-state index in [-0.39, 0.29) is 18.4 Å². The van der Waals surface area contributed by atoms with E-state index >= 15 is 0 Å². The lowest BCUT2D eigenvalue weighted by molar-refractivity contribution is -0.148. The quantitative estimate of drug-likeness (QED) is 0.645. The van der Waals surface area contributed by atoms with Gasteiger partial charge in [0.25, 0.3) is 5.91 Å². The van der Waals surface area contributed by atoms with Gasteiger partial charge in [0.2, 0.25) is 0 Å². The monoisotopic (exact) mass is 317 g/mol. The molecule has 5 heteroatoms. The second-order valence-corrected chi connectivity index (χ2v) is 6.02. The third-order valence-electron chi connectivity index (χ3n) is 4.12. The zero-order valence-electron chi connectivity index (χ0n) is 13.5. The Kier molecular flexibility index (Phi) is 6.32. The summed E-state index contributed by atoms with van der Waals surface area (Å²) < 4.78 is 5.04. The minimum Gasteiger partial charge on any atom is -0.456 e. The van der Waals surface area contributed by atoms with Gasteiger partial charge in [-0.25, -0.2) is 0 Å². The highest BCUT2D eigenvalue weighted by atomic mass is 16.5. The van der Waals surface area contributed by atoms with Crippen LogP contribution >= 0.6 is 0 Å². The van der Waals surface area contributed by atoms with E-state index in [1.165, 1.54) is 26.2 Å². The number of rotatable bonds is 6. The lowest BCUT2D eigenvalue weighted by Gasteiger charge is -2.20. The fourth-order valence-corrected chi connectivity index (χ4v) is 2.92. The van der Waals surface area contributed by atoms with Gasteiger partial charge < -0.3 is 10.1 Å². The first kappa shape index (κ1) is 17.2. The van der Waals surface area contributed by atoms with Crippen molar-refractivity contribution >= 4 is 23.3 Å². The summed E-state index contributed by atoms with van der Waals surface area (Å²) in [5.74, 6) is -0.504. The van der Waals surface area contributed by atoms with Crippen molar-refractivity contribution in [1.82, 2.24) is 0 Å². The van der Waals surface area contributed by atoms with Crippen molar-refractivity contribution in [2.75, 3.05) is 11.9 Å². The lowest BCUT2D eigenvalue weighted by atomic mass is 9.87. The number of Topliss-reactive ketones (excluding diaryl/α,β-unsaturated/α-hetero) is 1. The van der Waals surface area contributed by atoms with Crippen LogP contribution in [0.25, 0.3) is 0 Å². The SMILES string of the molecule is CC(=O)c1ccccc1NC(=O)COC(=O)CC1CCCCC1. The molecule has 2 rings (SSSR count). The van der Waals surface area contributed by atoms with Crippen LogP contribution in [0.1, 0.15) is 55.8 Å². The summed E-state index contributed by atoms with van der Waals surface area (Å²) in [6.45, 7) is 1.12. The molecule has 0 radical (unpaired) electrons. The Balaban J connectivity index is 1.78. The molecule has 1 amide bonds. The highest BCUT2D eigenvalue weighted by molar-refractivity contribution is 6.04. The van der Waals surface area contributed by atoms with Crippen molar-refractivity contribution in [2.24, 2.45) is 5.92 Å². The molecule has 5 nitrogen and oxygen atoms in total. The predicted molar refractivity (Wildman–Crippen MR) is 87.2 cm³/mol. The molecule has 1 aliphatic rings. The molecular weight excluding hydrogens is 294 g/mol. The van der Waals surface area contributed by atoms with Crippen molar-refractivity contribution < 1.29 is 19.1 Å². The molecule has 1 aromatic carbocycles. The second-order valence-electron chi connectivity index (χ2n) is 6.02. The zero-order chi connectivity index (χ0) is 16.7. The molecule has 0 aliphatic heterocycles. The predicted octanol–water partition coefficient (Wildman–Crippen LogP) is 3.34. The van der Waals surface area contributed by atoms with Crippen LogP contribution in [0.5, 0.6) is 0 Å². The average Bonchev–Trinajstić information content (AvgIpc) is 2.54. The van der Waals surface area contributed by atoms with E-state index in [0.29, 0.717) is 23.6 Å². The van der Waals surface area contributed by atoms with E-state index in [0.717, 1.165) is 12.8 Å². The molecule has 1 fully saturated rings. The van der Waals surface area contributed by atoms with Crippen molar-refractivity contribution in [3.8, 4) is 0 Å². The summed E-state index contributed by atoms with van der Waals surface area (Å²) in [5.41, 5.74) is 0.878. The first-order valence-corrected chi connectivity index (χ1v) is 8.11. The number of benzene rings is 1. The maximum atomic E-state index is 11.9. The van der Waals surface area contributed by atoms with E-state index < -0.39 is 5.91 Å². The number of amides is 1. The van der Waals surface area contributed by atoms with Gasteiger partial charge in [0.15, 0.2) is 12.4 Å². The summed E-state index contributed by atoms with van der Waals surface area (Å²) in [4.78, 5) is 35.2. The van der Waals surface area contributed by atoms with Crippen molar-refractivity contribution in [1.29, 1.82) is 0 Å². The van der Waals surface area contributed by atoms with Crippen LogP contribution in [0.15, 0.2) is 24.3 Å². The first-order valence-electron chi connectivity index (χ1n) is 8.11. The number of carbonyl (C=O) groups excluding carboxylic acids is 3. The van der Waals surface area contributed by atoms with Crippen LogP contribution in [0.2, 0.25) is 0 Å². The lowest BCUT2D eigenvalue weighted by Crippen LogP contribution is -2.23. The van der Waals surface area contributed by atoms with E-state index in [4.69, 9.17) is 4.74 Å². The van der Waals surface area contributed by atoms with Crippen LogP contribution in [0.3, 0.4) is 0 Å². The fraction of sp³-hybridized carbons (Fsp3) is 0.500. The van der Waals surface area contributed by atoms with Crippen LogP contribution in [0.4, 0.5) is 5.69 Å². The highest BCUT2D eigenvalue weighted by Gasteiger charge is 2.18. The average molecular weight is 317 g/mol. The fourth-order valence-electron chi connectivity index (χ4n) is 2.92. The molecule has 0 heterocycles. The molecule has 0 spiro atoms. The Morgan fingerprint density at radius 2 is 1.83 bits per heavy atom. The van der Waals surface area contributed by atoms with Gasteiger partial charge in [-0.05, 0) is 37.8 Å². The molecule has 0 saturated heterocycles. The Hall–Kier alpha value is -2.17. The number of nitrogens with one attached hydrogen (secondary N) is 1.